The Morgan fingerprint density at radius 2 is 1.64 bits per heavy atom. The summed E-state index contributed by atoms with van der Waals surface area (Å²) in [5, 5.41) is 2.70. The molecule has 148 valence electrons. The van der Waals surface area contributed by atoms with Gasteiger partial charge in [-0.3, -0.25) is 19.3 Å². The largest absolute Gasteiger partial charge is 0.451 e. The first-order valence-electron chi connectivity index (χ1n) is 9.44. The maximum absolute atomic E-state index is 12.6. The van der Waals surface area contributed by atoms with E-state index in [4.69, 9.17) is 4.74 Å². The van der Waals surface area contributed by atoms with Crippen LogP contribution in [0.5, 0.6) is 0 Å². The standard InChI is InChI=1S/C21H24N2O5/c1-13(23-19(25)16-10-6-7-11-17(16)20(23)26)21(27)28-14(2)18(24)22-12-15-8-4-3-5-9-15/h3-9,13-14,16-17H,10-12H2,1-2H3,(H,22,24)/t13-,14-,16+,17+/m0/s1. The van der Waals surface area contributed by atoms with Crippen molar-refractivity contribution in [3.63, 3.8) is 0 Å². The molecule has 4 atom stereocenters. The van der Waals surface area contributed by atoms with Crippen LogP contribution in [-0.2, 0) is 30.5 Å². The Kier molecular flexibility index (Phi) is 5.92. The molecule has 0 aromatic heterocycles. The minimum atomic E-state index is -1.06. The average molecular weight is 384 g/mol. The molecule has 1 N–H and O–H groups in total. The molecular formula is C21H24N2O5. The molecule has 7 heteroatoms. The molecule has 3 rings (SSSR count). The predicted molar refractivity (Wildman–Crippen MR) is 101 cm³/mol. The zero-order valence-corrected chi connectivity index (χ0v) is 16.0. The molecular weight excluding hydrogens is 360 g/mol. The summed E-state index contributed by atoms with van der Waals surface area (Å²) < 4.78 is 5.21. The average Bonchev–Trinajstić information content (AvgIpc) is 2.97. The van der Waals surface area contributed by atoms with E-state index < -0.39 is 35.9 Å². The van der Waals surface area contributed by atoms with E-state index in [0.29, 0.717) is 19.4 Å². The third kappa shape index (κ3) is 3.98. The zero-order chi connectivity index (χ0) is 20.3. The van der Waals surface area contributed by atoms with Gasteiger partial charge in [0.1, 0.15) is 6.04 Å². The van der Waals surface area contributed by atoms with Crippen LogP contribution < -0.4 is 5.32 Å². The van der Waals surface area contributed by atoms with Gasteiger partial charge in [0.15, 0.2) is 6.10 Å². The number of rotatable bonds is 6. The number of benzene rings is 1. The van der Waals surface area contributed by atoms with Crippen LogP contribution in [0.1, 0.15) is 32.3 Å². The topological polar surface area (TPSA) is 92.8 Å². The van der Waals surface area contributed by atoms with Gasteiger partial charge < -0.3 is 10.1 Å². The van der Waals surface area contributed by atoms with Gasteiger partial charge in [0.25, 0.3) is 5.91 Å². The van der Waals surface area contributed by atoms with E-state index in [1.807, 2.05) is 42.5 Å². The van der Waals surface area contributed by atoms with Crippen LogP contribution in [0.4, 0.5) is 0 Å². The Hall–Kier alpha value is -2.96. The predicted octanol–water partition coefficient (Wildman–Crippen LogP) is 1.57. The van der Waals surface area contributed by atoms with Crippen LogP contribution in [0.25, 0.3) is 0 Å². The molecule has 1 saturated heterocycles. The van der Waals surface area contributed by atoms with Crippen molar-refractivity contribution in [2.75, 3.05) is 0 Å². The SMILES string of the molecule is C[C@H](OC(=O)[C@H](C)N1C(=O)[C@@H]2CC=CC[C@H]2C1=O)C(=O)NCc1ccccc1. The van der Waals surface area contributed by atoms with Gasteiger partial charge in [0.05, 0.1) is 11.8 Å². The number of carbonyl (C=O) groups excluding carboxylic acids is 4. The lowest BCUT2D eigenvalue weighted by atomic mass is 9.85. The molecule has 1 heterocycles. The van der Waals surface area contributed by atoms with E-state index in [9.17, 15) is 19.2 Å². The molecule has 2 aliphatic rings. The Labute approximate surface area is 163 Å². The highest BCUT2D eigenvalue weighted by Crippen LogP contribution is 2.36. The van der Waals surface area contributed by atoms with Crippen molar-refractivity contribution >= 4 is 23.7 Å². The summed E-state index contributed by atoms with van der Waals surface area (Å²) in [5.41, 5.74) is 0.923. The van der Waals surface area contributed by atoms with E-state index in [2.05, 4.69) is 5.32 Å². The second-order valence-corrected chi connectivity index (χ2v) is 7.16. The summed E-state index contributed by atoms with van der Waals surface area (Å²) in [5.74, 6) is -2.70. The molecule has 0 saturated carbocycles. The molecule has 1 aromatic rings. The molecule has 0 unspecified atom stereocenters. The quantitative estimate of drug-likeness (QED) is 0.457. The number of nitrogens with one attached hydrogen (secondary N) is 1. The van der Waals surface area contributed by atoms with Crippen LogP contribution in [0.3, 0.4) is 0 Å². The van der Waals surface area contributed by atoms with Crippen LogP contribution in [0.15, 0.2) is 42.5 Å². The summed E-state index contributed by atoms with van der Waals surface area (Å²) in [6, 6.07) is 8.29. The Bertz CT molecular complexity index is 778. The van der Waals surface area contributed by atoms with Crippen LogP contribution in [0, 0.1) is 11.8 Å². The highest BCUT2D eigenvalue weighted by molar-refractivity contribution is 6.08. The summed E-state index contributed by atoms with van der Waals surface area (Å²) in [7, 11) is 0. The van der Waals surface area contributed by atoms with Gasteiger partial charge in [-0.15, -0.1) is 0 Å². The van der Waals surface area contributed by atoms with Crippen molar-refractivity contribution in [3.05, 3.63) is 48.0 Å². The second kappa shape index (κ2) is 8.37. The molecule has 1 aliphatic carbocycles. The van der Waals surface area contributed by atoms with E-state index in [0.717, 1.165) is 10.5 Å². The van der Waals surface area contributed by atoms with Crippen molar-refractivity contribution < 1.29 is 23.9 Å². The molecule has 1 aliphatic heterocycles. The van der Waals surface area contributed by atoms with Gasteiger partial charge in [-0.25, -0.2) is 4.79 Å². The lowest BCUT2D eigenvalue weighted by Crippen LogP contribution is -2.46. The number of nitrogens with zero attached hydrogens (tertiary/aromatic N) is 1. The van der Waals surface area contributed by atoms with Crippen LogP contribution >= 0.6 is 0 Å². The number of esters is 1. The number of hydrogen-bond acceptors (Lipinski definition) is 5. The maximum atomic E-state index is 12.6. The van der Waals surface area contributed by atoms with Crippen LogP contribution in [0.2, 0.25) is 0 Å². The molecule has 0 radical (unpaired) electrons. The smallest absolute Gasteiger partial charge is 0.329 e. The van der Waals surface area contributed by atoms with E-state index in [1.165, 1.54) is 13.8 Å². The van der Waals surface area contributed by atoms with Gasteiger partial charge in [0, 0.05) is 6.54 Å². The van der Waals surface area contributed by atoms with Crippen LogP contribution in [-0.4, -0.2) is 40.7 Å². The second-order valence-electron chi connectivity index (χ2n) is 7.16. The summed E-state index contributed by atoms with van der Waals surface area (Å²) in [6.45, 7) is 3.23. The summed E-state index contributed by atoms with van der Waals surface area (Å²) in [4.78, 5) is 50.8. The molecule has 7 nitrogen and oxygen atoms in total. The number of carbonyl (C=O) groups is 4. The van der Waals surface area contributed by atoms with Crippen molar-refractivity contribution in [1.82, 2.24) is 10.2 Å². The molecule has 0 bridgehead atoms. The van der Waals surface area contributed by atoms with Gasteiger partial charge >= 0.3 is 5.97 Å². The van der Waals surface area contributed by atoms with Crippen molar-refractivity contribution in [1.29, 1.82) is 0 Å². The van der Waals surface area contributed by atoms with Crippen molar-refractivity contribution in [2.24, 2.45) is 11.8 Å². The molecule has 3 amide bonds. The highest BCUT2D eigenvalue weighted by Gasteiger charge is 2.50. The first kappa shape index (κ1) is 19.8. The number of fused-ring (bicyclic) bond motifs is 1. The summed E-state index contributed by atoms with van der Waals surface area (Å²) >= 11 is 0. The summed E-state index contributed by atoms with van der Waals surface area (Å²) in [6.07, 6.45) is 3.75. The number of amides is 3. The molecule has 0 spiro atoms. The number of ether oxygens (including phenoxy) is 1. The lowest BCUT2D eigenvalue weighted by Gasteiger charge is -2.23. The minimum Gasteiger partial charge on any atom is -0.451 e. The number of likely N-dealkylation sites (tertiary alicyclic amines) is 1. The molecule has 1 aromatic carbocycles. The first-order chi connectivity index (χ1) is 13.4. The van der Waals surface area contributed by atoms with Gasteiger partial charge in [0.2, 0.25) is 11.8 Å². The Morgan fingerprint density at radius 1 is 1.07 bits per heavy atom. The van der Waals surface area contributed by atoms with Crippen molar-refractivity contribution in [2.45, 2.75) is 45.4 Å². The third-order valence-electron chi connectivity index (χ3n) is 5.24. The number of hydrogen-bond donors (Lipinski definition) is 1. The Morgan fingerprint density at radius 3 is 2.21 bits per heavy atom. The highest BCUT2D eigenvalue weighted by atomic mass is 16.5. The van der Waals surface area contributed by atoms with Gasteiger partial charge in [-0.1, -0.05) is 42.5 Å². The fraction of sp³-hybridized carbons (Fsp3) is 0.429. The maximum Gasteiger partial charge on any atom is 0.329 e. The lowest BCUT2D eigenvalue weighted by molar-refractivity contribution is -0.164. The fourth-order valence-corrected chi connectivity index (χ4v) is 3.57. The van der Waals surface area contributed by atoms with Gasteiger partial charge in [-0.05, 0) is 32.3 Å². The van der Waals surface area contributed by atoms with E-state index in [1.54, 1.807) is 0 Å². The molecule has 28 heavy (non-hydrogen) atoms. The van der Waals surface area contributed by atoms with E-state index in [-0.39, 0.29) is 11.8 Å². The number of allylic oxidation sites excluding steroid dienone is 2. The normalized spacial score (nSPS) is 23.1. The molecule has 1 fully saturated rings. The minimum absolute atomic E-state index is 0.316. The first-order valence-corrected chi connectivity index (χ1v) is 9.44. The van der Waals surface area contributed by atoms with Crippen molar-refractivity contribution in [3.8, 4) is 0 Å². The van der Waals surface area contributed by atoms with Gasteiger partial charge in [-0.2, -0.15) is 0 Å². The Balaban J connectivity index is 1.55. The monoisotopic (exact) mass is 384 g/mol. The third-order valence-corrected chi connectivity index (χ3v) is 5.24. The number of imide groups is 1. The fourth-order valence-electron chi connectivity index (χ4n) is 3.57. The zero-order valence-electron chi connectivity index (χ0n) is 16.0. The van der Waals surface area contributed by atoms with E-state index >= 15 is 0 Å².